The molecule has 0 bridgehead atoms. The number of nitrogens with two attached hydrogens (primary N) is 1. The fourth-order valence-electron chi connectivity index (χ4n) is 1.18. The van der Waals surface area contributed by atoms with E-state index in [9.17, 15) is 4.79 Å². The van der Waals surface area contributed by atoms with E-state index in [-0.39, 0.29) is 6.10 Å². The number of hydrogen-bond acceptors (Lipinski definition) is 4. The Hall–Kier alpha value is -1.91. The number of nitrogens with one attached hydrogen (secondary N) is 1. The van der Waals surface area contributed by atoms with Gasteiger partial charge in [0.1, 0.15) is 5.75 Å². The molecular formula is C11H16N2O3. The third kappa shape index (κ3) is 3.34. The zero-order valence-electron chi connectivity index (χ0n) is 9.61. The highest BCUT2D eigenvalue weighted by Gasteiger charge is 2.09. The molecule has 0 heterocycles. The molecule has 0 aliphatic heterocycles. The van der Waals surface area contributed by atoms with E-state index in [4.69, 9.17) is 15.2 Å². The van der Waals surface area contributed by atoms with Gasteiger partial charge in [-0.05, 0) is 32.0 Å². The fraction of sp³-hybridized carbons (Fsp3) is 0.364. The standard InChI is InChI=1S/C11H16N2O3/c1-7(2)16-11(14)13-9-6-8(12)4-5-10(9)15-3/h4-7H,12H2,1-3H3,(H,13,14). The molecule has 0 saturated carbocycles. The molecule has 0 unspecified atom stereocenters. The zero-order valence-corrected chi connectivity index (χ0v) is 9.61. The lowest BCUT2D eigenvalue weighted by Crippen LogP contribution is -2.18. The molecule has 0 atom stereocenters. The van der Waals surface area contributed by atoms with Crippen molar-refractivity contribution < 1.29 is 14.3 Å². The van der Waals surface area contributed by atoms with Gasteiger partial charge in [0.05, 0.1) is 18.9 Å². The first kappa shape index (κ1) is 12.2. The highest BCUT2D eigenvalue weighted by molar-refractivity contribution is 5.87. The highest BCUT2D eigenvalue weighted by Crippen LogP contribution is 2.26. The molecular weight excluding hydrogens is 208 g/mol. The van der Waals surface area contributed by atoms with Gasteiger partial charge in [0.25, 0.3) is 0 Å². The second-order valence-electron chi connectivity index (χ2n) is 3.54. The monoisotopic (exact) mass is 224 g/mol. The van der Waals surface area contributed by atoms with Crippen molar-refractivity contribution in [3.8, 4) is 5.75 Å². The Kier molecular flexibility index (Phi) is 3.99. The predicted molar refractivity (Wildman–Crippen MR) is 62.6 cm³/mol. The van der Waals surface area contributed by atoms with Crippen LogP contribution in [0.2, 0.25) is 0 Å². The summed E-state index contributed by atoms with van der Waals surface area (Å²) in [5, 5.41) is 2.57. The molecule has 1 aromatic carbocycles. The maximum Gasteiger partial charge on any atom is 0.411 e. The van der Waals surface area contributed by atoms with Crippen LogP contribution in [0.4, 0.5) is 16.2 Å². The van der Waals surface area contributed by atoms with Crippen LogP contribution < -0.4 is 15.8 Å². The van der Waals surface area contributed by atoms with E-state index in [2.05, 4.69) is 5.32 Å². The molecule has 16 heavy (non-hydrogen) atoms. The van der Waals surface area contributed by atoms with Crippen molar-refractivity contribution in [2.45, 2.75) is 20.0 Å². The predicted octanol–water partition coefficient (Wildman–Crippen LogP) is 2.23. The first-order valence-corrected chi connectivity index (χ1v) is 4.94. The van der Waals surface area contributed by atoms with Crippen LogP contribution in [0.15, 0.2) is 18.2 Å². The number of nitrogen functional groups attached to an aromatic ring is 1. The van der Waals surface area contributed by atoms with Crippen molar-refractivity contribution >= 4 is 17.5 Å². The number of carbonyl (C=O) groups excluding carboxylic acids is 1. The second-order valence-corrected chi connectivity index (χ2v) is 3.54. The summed E-state index contributed by atoms with van der Waals surface area (Å²) in [4.78, 5) is 11.4. The lowest BCUT2D eigenvalue weighted by molar-refractivity contribution is 0.130. The van der Waals surface area contributed by atoms with Gasteiger partial charge in [-0.3, -0.25) is 5.32 Å². The molecule has 0 saturated heterocycles. The number of hydrogen-bond donors (Lipinski definition) is 2. The number of ether oxygens (including phenoxy) is 2. The third-order valence-electron chi connectivity index (χ3n) is 1.80. The van der Waals surface area contributed by atoms with Crippen LogP contribution in [0, 0.1) is 0 Å². The Morgan fingerprint density at radius 2 is 2.12 bits per heavy atom. The van der Waals surface area contributed by atoms with E-state index in [1.54, 1.807) is 32.0 Å². The molecule has 0 aliphatic rings. The molecule has 1 rings (SSSR count). The van der Waals surface area contributed by atoms with E-state index in [0.29, 0.717) is 17.1 Å². The molecule has 1 aromatic rings. The van der Waals surface area contributed by atoms with Crippen LogP contribution >= 0.6 is 0 Å². The van der Waals surface area contributed by atoms with E-state index >= 15 is 0 Å². The fourth-order valence-corrected chi connectivity index (χ4v) is 1.18. The van der Waals surface area contributed by atoms with Crippen LogP contribution in [-0.2, 0) is 4.74 Å². The Balaban J connectivity index is 2.79. The van der Waals surface area contributed by atoms with E-state index in [1.807, 2.05) is 0 Å². The highest BCUT2D eigenvalue weighted by atomic mass is 16.6. The van der Waals surface area contributed by atoms with Crippen LogP contribution in [0.3, 0.4) is 0 Å². The van der Waals surface area contributed by atoms with Crippen molar-refractivity contribution in [2.75, 3.05) is 18.2 Å². The maximum atomic E-state index is 11.4. The molecule has 1 amide bonds. The molecule has 0 aromatic heterocycles. The molecule has 88 valence electrons. The van der Waals surface area contributed by atoms with Crippen LogP contribution in [0.25, 0.3) is 0 Å². The van der Waals surface area contributed by atoms with Crippen molar-refractivity contribution in [2.24, 2.45) is 0 Å². The molecule has 0 aliphatic carbocycles. The van der Waals surface area contributed by atoms with Gasteiger partial charge >= 0.3 is 6.09 Å². The molecule has 3 N–H and O–H groups in total. The Labute approximate surface area is 94.5 Å². The van der Waals surface area contributed by atoms with Gasteiger partial charge in [-0.1, -0.05) is 0 Å². The minimum Gasteiger partial charge on any atom is -0.495 e. The number of carbonyl (C=O) groups is 1. The number of benzene rings is 1. The third-order valence-corrected chi connectivity index (χ3v) is 1.80. The molecule has 5 nitrogen and oxygen atoms in total. The average molecular weight is 224 g/mol. The minimum atomic E-state index is -0.529. The minimum absolute atomic E-state index is 0.174. The van der Waals surface area contributed by atoms with Crippen molar-refractivity contribution in [1.82, 2.24) is 0 Å². The topological polar surface area (TPSA) is 73.6 Å². The zero-order chi connectivity index (χ0) is 12.1. The Morgan fingerprint density at radius 3 is 2.69 bits per heavy atom. The molecule has 0 fully saturated rings. The summed E-state index contributed by atoms with van der Waals surface area (Å²) in [7, 11) is 1.52. The first-order chi connectivity index (χ1) is 7.52. The van der Waals surface area contributed by atoms with E-state index in [0.717, 1.165) is 0 Å². The number of rotatable bonds is 3. The number of methoxy groups -OCH3 is 1. The first-order valence-electron chi connectivity index (χ1n) is 4.94. The summed E-state index contributed by atoms with van der Waals surface area (Å²) in [6.07, 6.45) is -0.703. The lowest BCUT2D eigenvalue weighted by atomic mass is 10.2. The largest absolute Gasteiger partial charge is 0.495 e. The van der Waals surface area contributed by atoms with Gasteiger partial charge in [-0.15, -0.1) is 0 Å². The maximum absolute atomic E-state index is 11.4. The molecule has 5 heteroatoms. The van der Waals surface area contributed by atoms with Crippen molar-refractivity contribution in [1.29, 1.82) is 0 Å². The Morgan fingerprint density at radius 1 is 1.44 bits per heavy atom. The number of anilines is 2. The van der Waals surface area contributed by atoms with Gasteiger partial charge in [-0.2, -0.15) is 0 Å². The summed E-state index contributed by atoms with van der Waals surface area (Å²) in [5.41, 5.74) is 6.65. The lowest BCUT2D eigenvalue weighted by Gasteiger charge is -2.12. The van der Waals surface area contributed by atoms with E-state index < -0.39 is 6.09 Å². The van der Waals surface area contributed by atoms with Crippen LogP contribution in [-0.4, -0.2) is 19.3 Å². The normalized spacial score (nSPS) is 10.0. The molecule has 0 spiro atoms. The second kappa shape index (κ2) is 5.25. The van der Waals surface area contributed by atoms with Crippen LogP contribution in [0.5, 0.6) is 5.75 Å². The SMILES string of the molecule is COc1ccc(N)cc1NC(=O)OC(C)C. The van der Waals surface area contributed by atoms with Gasteiger partial charge in [0.15, 0.2) is 0 Å². The quantitative estimate of drug-likeness (QED) is 0.772. The van der Waals surface area contributed by atoms with Gasteiger partial charge in [0, 0.05) is 5.69 Å². The molecule has 0 radical (unpaired) electrons. The van der Waals surface area contributed by atoms with Gasteiger partial charge in [-0.25, -0.2) is 4.79 Å². The Bertz CT molecular complexity index is 377. The summed E-state index contributed by atoms with van der Waals surface area (Å²) in [5.74, 6) is 0.537. The van der Waals surface area contributed by atoms with Crippen molar-refractivity contribution in [3.63, 3.8) is 0 Å². The summed E-state index contributed by atoms with van der Waals surface area (Å²) >= 11 is 0. The summed E-state index contributed by atoms with van der Waals surface area (Å²) in [6, 6.07) is 4.98. The summed E-state index contributed by atoms with van der Waals surface area (Å²) < 4.78 is 10.0. The van der Waals surface area contributed by atoms with Crippen LogP contribution in [0.1, 0.15) is 13.8 Å². The van der Waals surface area contributed by atoms with Gasteiger partial charge in [0.2, 0.25) is 0 Å². The summed E-state index contributed by atoms with van der Waals surface area (Å²) in [6.45, 7) is 3.55. The van der Waals surface area contributed by atoms with Crippen molar-refractivity contribution in [3.05, 3.63) is 18.2 Å². The van der Waals surface area contributed by atoms with E-state index in [1.165, 1.54) is 7.11 Å². The van der Waals surface area contributed by atoms with Gasteiger partial charge < -0.3 is 15.2 Å². The smallest absolute Gasteiger partial charge is 0.411 e. The average Bonchev–Trinajstić information content (AvgIpc) is 2.16. The number of amides is 1.